The first-order valence-corrected chi connectivity index (χ1v) is 9.16. The minimum Gasteiger partial charge on any atom is -0.314 e. The van der Waals surface area contributed by atoms with Gasteiger partial charge >= 0.3 is 0 Å². The van der Waals surface area contributed by atoms with E-state index in [-0.39, 0.29) is 0 Å². The van der Waals surface area contributed by atoms with Crippen LogP contribution in [0.4, 0.5) is 0 Å². The van der Waals surface area contributed by atoms with Crippen LogP contribution in [0, 0.1) is 17.8 Å². The standard InChI is InChI=1S/C18H36N2/c1-4-11-19-18-9-7-5-6-8-17(18)14-20-12-10-16(13-20)15(2)3/h15-19H,4-14H2,1-3H3. The van der Waals surface area contributed by atoms with Crippen LogP contribution in [-0.4, -0.2) is 37.1 Å². The van der Waals surface area contributed by atoms with Gasteiger partial charge in [-0.1, -0.05) is 40.0 Å². The van der Waals surface area contributed by atoms with Crippen LogP contribution in [0.25, 0.3) is 0 Å². The second-order valence-corrected chi connectivity index (χ2v) is 7.51. The molecule has 2 aliphatic rings. The predicted octanol–water partition coefficient (Wildman–Crippen LogP) is 3.91. The van der Waals surface area contributed by atoms with Crippen molar-refractivity contribution in [2.75, 3.05) is 26.2 Å². The zero-order valence-electron chi connectivity index (χ0n) is 14.0. The van der Waals surface area contributed by atoms with E-state index in [9.17, 15) is 0 Å². The van der Waals surface area contributed by atoms with Crippen LogP contribution >= 0.6 is 0 Å². The van der Waals surface area contributed by atoms with Crippen molar-refractivity contribution in [2.45, 2.75) is 71.8 Å². The number of hydrogen-bond acceptors (Lipinski definition) is 2. The molecule has 1 saturated heterocycles. The smallest absolute Gasteiger partial charge is 0.0107 e. The molecule has 118 valence electrons. The van der Waals surface area contributed by atoms with E-state index in [1.54, 1.807) is 0 Å². The van der Waals surface area contributed by atoms with Crippen molar-refractivity contribution in [3.8, 4) is 0 Å². The second-order valence-electron chi connectivity index (χ2n) is 7.51. The van der Waals surface area contributed by atoms with Crippen molar-refractivity contribution in [1.82, 2.24) is 10.2 Å². The molecule has 1 saturated carbocycles. The zero-order chi connectivity index (χ0) is 14.4. The molecule has 0 radical (unpaired) electrons. The van der Waals surface area contributed by atoms with Crippen LogP contribution in [0.2, 0.25) is 0 Å². The fraction of sp³-hybridized carbons (Fsp3) is 1.00. The van der Waals surface area contributed by atoms with Crippen molar-refractivity contribution in [3.63, 3.8) is 0 Å². The van der Waals surface area contributed by atoms with Gasteiger partial charge in [0, 0.05) is 19.1 Å². The average molecular weight is 280 g/mol. The molecule has 20 heavy (non-hydrogen) atoms. The number of hydrogen-bond donors (Lipinski definition) is 1. The van der Waals surface area contributed by atoms with Gasteiger partial charge in [0.1, 0.15) is 0 Å². The molecule has 2 rings (SSSR count). The van der Waals surface area contributed by atoms with Crippen LogP contribution in [0.1, 0.15) is 65.7 Å². The number of rotatable bonds is 6. The number of likely N-dealkylation sites (tertiary alicyclic amines) is 1. The maximum absolute atomic E-state index is 3.84. The molecular formula is C18H36N2. The highest BCUT2D eigenvalue weighted by molar-refractivity contribution is 4.85. The summed E-state index contributed by atoms with van der Waals surface area (Å²) in [5.74, 6) is 2.71. The molecule has 3 unspecified atom stereocenters. The minimum atomic E-state index is 0.788. The van der Waals surface area contributed by atoms with Gasteiger partial charge in [-0.15, -0.1) is 0 Å². The molecule has 2 heteroatoms. The molecule has 0 aromatic heterocycles. The van der Waals surface area contributed by atoms with E-state index in [1.807, 2.05) is 0 Å². The Labute approximate surface area is 126 Å². The molecule has 1 heterocycles. The molecule has 0 spiro atoms. The third-order valence-electron chi connectivity index (χ3n) is 5.56. The molecule has 2 fully saturated rings. The Bertz CT molecular complexity index is 264. The van der Waals surface area contributed by atoms with Crippen molar-refractivity contribution in [3.05, 3.63) is 0 Å². The Hall–Kier alpha value is -0.0800. The van der Waals surface area contributed by atoms with Crippen molar-refractivity contribution < 1.29 is 0 Å². The van der Waals surface area contributed by atoms with Crippen molar-refractivity contribution in [1.29, 1.82) is 0 Å². The van der Waals surface area contributed by atoms with E-state index in [4.69, 9.17) is 0 Å². The van der Waals surface area contributed by atoms with Gasteiger partial charge in [-0.2, -0.15) is 0 Å². The van der Waals surface area contributed by atoms with Gasteiger partial charge in [0.05, 0.1) is 0 Å². The third-order valence-corrected chi connectivity index (χ3v) is 5.56. The zero-order valence-corrected chi connectivity index (χ0v) is 14.0. The van der Waals surface area contributed by atoms with Gasteiger partial charge in [-0.05, 0) is 56.5 Å². The predicted molar refractivity (Wildman–Crippen MR) is 88.0 cm³/mol. The summed E-state index contributed by atoms with van der Waals surface area (Å²) in [6.07, 6.45) is 9.90. The van der Waals surface area contributed by atoms with Crippen LogP contribution in [0.5, 0.6) is 0 Å². The topological polar surface area (TPSA) is 15.3 Å². The van der Waals surface area contributed by atoms with Gasteiger partial charge in [0.25, 0.3) is 0 Å². The van der Waals surface area contributed by atoms with E-state index in [1.165, 1.54) is 71.1 Å². The summed E-state index contributed by atoms with van der Waals surface area (Å²) < 4.78 is 0. The molecule has 0 bridgehead atoms. The minimum absolute atomic E-state index is 0.788. The second kappa shape index (κ2) is 8.38. The highest BCUT2D eigenvalue weighted by Crippen LogP contribution is 2.28. The molecule has 3 atom stereocenters. The van der Waals surface area contributed by atoms with Gasteiger partial charge in [0.2, 0.25) is 0 Å². The Morgan fingerprint density at radius 2 is 1.90 bits per heavy atom. The molecule has 1 N–H and O–H groups in total. The largest absolute Gasteiger partial charge is 0.314 e. The lowest BCUT2D eigenvalue weighted by Crippen LogP contribution is -2.41. The van der Waals surface area contributed by atoms with Crippen molar-refractivity contribution >= 4 is 0 Å². The first-order chi connectivity index (χ1) is 9.70. The fourth-order valence-electron chi connectivity index (χ4n) is 4.11. The molecule has 1 aliphatic carbocycles. The number of nitrogens with zero attached hydrogens (tertiary/aromatic N) is 1. The number of nitrogens with one attached hydrogen (secondary N) is 1. The lowest BCUT2D eigenvalue weighted by molar-refractivity contribution is 0.214. The van der Waals surface area contributed by atoms with E-state index >= 15 is 0 Å². The normalized spacial score (nSPS) is 32.7. The third kappa shape index (κ3) is 4.73. The molecule has 0 amide bonds. The van der Waals surface area contributed by atoms with E-state index in [0.29, 0.717) is 0 Å². The van der Waals surface area contributed by atoms with Gasteiger partial charge < -0.3 is 10.2 Å². The first-order valence-electron chi connectivity index (χ1n) is 9.16. The molecule has 0 aromatic rings. The first kappa shape index (κ1) is 16.3. The van der Waals surface area contributed by atoms with Crippen molar-refractivity contribution in [2.24, 2.45) is 17.8 Å². The molecule has 0 aromatic carbocycles. The summed E-state index contributed by atoms with van der Waals surface area (Å²) in [6, 6.07) is 0.788. The Balaban J connectivity index is 1.84. The summed E-state index contributed by atoms with van der Waals surface area (Å²) >= 11 is 0. The Morgan fingerprint density at radius 3 is 2.60 bits per heavy atom. The molecular weight excluding hydrogens is 244 g/mol. The van der Waals surface area contributed by atoms with Gasteiger partial charge in [-0.25, -0.2) is 0 Å². The van der Waals surface area contributed by atoms with E-state index in [2.05, 4.69) is 31.0 Å². The quantitative estimate of drug-likeness (QED) is 0.742. The SMILES string of the molecule is CCCNC1CCCCCC1CN1CCC(C(C)C)C1. The maximum atomic E-state index is 3.84. The van der Waals surface area contributed by atoms with E-state index in [0.717, 1.165) is 23.8 Å². The van der Waals surface area contributed by atoms with Crippen LogP contribution < -0.4 is 5.32 Å². The lowest BCUT2D eigenvalue weighted by Gasteiger charge is -2.30. The lowest BCUT2D eigenvalue weighted by atomic mass is 9.93. The van der Waals surface area contributed by atoms with Crippen LogP contribution in [0.15, 0.2) is 0 Å². The fourth-order valence-corrected chi connectivity index (χ4v) is 4.11. The highest BCUT2D eigenvalue weighted by Gasteiger charge is 2.29. The monoisotopic (exact) mass is 280 g/mol. The summed E-state index contributed by atoms with van der Waals surface area (Å²) in [4.78, 5) is 2.77. The average Bonchev–Trinajstić information content (AvgIpc) is 2.78. The summed E-state index contributed by atoms with van der Waals surface area (Å²) in [6.45, 7) is 12.3. The van der Waals surface area contributed by atoms with E-state index < -0.39 is 0 Å². The van der Waals surface area contributed by atoms with Gasteiger partial charge in [-0.3, -0.25) is 0 Å². The van der Waals surface area contributed by atoms with Crippen LogP contribution in [0.3, 0.4) is 0 Å². The highest BCUT2D eigenvalue weighted by atomic mass is 15.2. The van der Waals surface area contributed by atoms with Crippen LogP contribution in [-0.2, 0) is 0 Å². The molecule has 2 nitrogen and oxygen atoms in total. The summed E-state index contributed by atoms with van der Waals surface area (Å²) in [7, 11) is 0. The van der Waals surface area contributed by atoms with Gasteiger partial charge in [0.15, 0.2) is 0 Å². The Morgan fingerprint density at radius 1 is 1.10 bits per heavy atom. The summed E-state index contributed by atoms with van der Waals surface area (Å²) in [5.41, 5.74) is 0. The maximum Gasteiger partial charge on any atom is 0.0107 e. The Kier molecular flexibility index (Phi) is 6.83. The summed E-state index contributed by atoms with van der Waals surface area (Å²) in [5, 5.41) is 3.84. The molecule has 1 aliphatic heterocycles.